The maximum Gasteiger partial charge on any atom is 0.431 e. The standard InChI is InChI=1S/C11H6F3N3O2S/c12-11(13,14)9-5-8(15-10(20)16-9)6-1-3-7(4-2-6)17(18)19/h1-5H,(H,15,16,20). The molecule has 0 fully saturated rings. The number of aromatic amines is 1. The molecular formula is C11H6F3N3O2S. The van der Waals surface area contributed by atoms with Crippen LogP contribution in [0.15, 0.2) is 30.3 Å². The van der Waals surface area contributed by atoms with E-state index in [1.54, 1.807) is 0 Å². The lowest BCUT2D eigenvalue weighted by molar-refractivity contribution is -0.384. The van der Waals surface area contributed by atoms with Gasteiger partial charge in [-0.25, -0.2) is 4.98 Å². The van der Waals surface area contributed by atoms with Crippen molar-refractivity contribution in [2.24, 2.45) is 0 Å². The Kier molecular flexibility index (Phi) is 3.53. The molecule has 0 saturated carbocycles. The van der Waals surface area contributed by atoms with E-state index in [1.165, 1.54) is 24.3 Å². The van der Waals surface area contributed by atoms with E-state index in [4.69, 9.17) is 0 Å². The Bertz CT molecular complexity index is 710. The molecular weight excluding hydrogens is 295 g/mol. The number of non-ortho nitro benzene ring substituents is 1. The molecule has 1 heterocycles. The van der Waals surface area contributed by atoms with Crippen molar-refractivity contribution in [2.45, 2.75) is 6.18 Å². The van der Waals surface area contributed by atoms with Crippen LogP contribution in [-0.4, -0.2) is 14.9 Å². The van der Waals surface area contributed by atoms with Gasteiger partial charge in [0.1, 0.15) is 5.69 Å². The average molecular weight is 301 g/mol. The molecule has 0 bridgehead atoms. The molecule has 5 nitrogen and oxygen atoms in total. The molecule has 1 aromatic heterocycles. The summed E-state index contributed by atoms with van der Waals surface area (Å²) in [5, 5.41) is 10.5. The van der Waals surface area contributed by atoms with E-state index in [1.807, 2.05) is 4.98 Å². The SMILES string of the molecule is O=[N+]([O-])c1ccc(-c2cc(C(F)(F)F)[nH]c(=S)n2)cc1. The van der Waals surface area contributed by atoms with Gasteiger partial charge >= 0.3 is 6.18 Å². The monoisotopic (exact) mass is 301 g/mol. The number of nitrogens with one attached hydrogen (secondary N) is 1. The van der Waals surface area contributed by atoms with Crippen LogP contribution in [0.3, 0.4) is 0 Å². The molecule has 0 saturated heterocycles. The third-order valence-electron chi connectivity index (χ3n) is 2.42. The third kappa shape index (κ3) is 2.99. The van der Waals surface area contributed by atoms with E-state index < -0.39 is 16.8 Å². The predicted octanol–water partition coefficient (Wildman–Crippen LogP) is 3.73. The van der Waals surface area contributed by atoms with Gasteiger partial charge in [0, 0.05) is 17.7 Å². The number of nitro groups is 1. The fourth-order valence-corrected chi connectivity index (χ4v) is 1.72. The number of hydrogen-bond acceptors (Lipinski definition) is 4. The predicted molar refractivity (Wildman–Crippen MR) is 66.5 cm³/mol. The molecule has 2 rings (SSSR count). The second kappa shape index (κ2) is 5.00. The van der Waals surface area contributed by atoms with Crippen molar-refractivity contribution in [3.05, 3.63) is 50.9 Å². The Morgan fingerprint density at radius 3 is 2.35 bits per heavy atom. The summed E-state index contributed by atoms with van der Waals surface area (Å²) in [7, 11) is 0. The van der Waals surface area contributed by atoms with Gasteiger partial charge in [0.15, 0.2) is 4.77 Å². The van der Waals surface area contributed by atoms with Crippen molar-refractivity contribution in [2.75, 3.05) is 0 Å². The van der Waals surface area contributed by atoms with Crippen LogP contribution < -0.4 is 0 Å². The topological polar surface area (TPSA) is 71.8 Å². The van der Waals surface area contributed by atoms with E-state index in [2.05, 4.69) is 17.2 Å². The van der Waals surface area contributed by atoms with E-state index in [0.717, 1.165) is 6.07 Å². The number of hydrogen-bond donors (Lipinski definition) is 1. The maximum atomic E-state index is 12.6. The number of nitro benzene ring substituents is 1. The second-order valence-electron chi connectivity index (χ2n) is 3.79. The molecule has 0 aliphatic carbocycles. The first kappa shape index (κ1) is 14.1. The Morgan fingerprint density at radius 2 is 1.85 bits per heavy atom. The zero-order valence-corrected chi connectivity index (χ0v) is 10.5. The molecule has 0 atom stereocenters. The molecule has 0 unspecified atom stereocenters. The normalized spacial score (nSPS) is 11.3. The van der Waals surface area contributed by atoms with E-state index in [0.29, 0.717) is 5.56 Å². The highest BCUT2D eigenvalue weighted by molar-refractivity contribution is 7.71. The highest BCUT2D eigenvalue weighted by Gasteiger charge is 2.32. The summed E-state index contributed by atoms with van der Waals surface area (Å²) in [6, 6.07) is 5.80. The lowest BCUT2D eigenvalue weighted by Crippen LogP contribution is -2.09. The Balaban J connectivity index is 2.50. The van der Waals surface area contributed by atoms with Crippen LogP contribution in [0.1, 0.15) is 5.69 Å². The van der Waals surface area contributed by atoms with Gasteiger partial charge in [-0.2, -0.15) is 13.2 Å². The van der Waals surface area contributed by atoms with Gasteiger partial charge in [0.2, 0.25) is 0 Å². The first-order valence-electron chi connectivity index (χ1n) is 5.21. The summed E-state index contributed by atoms with van der Waals surface area (Å²) in [6.45, 7) is 0. The van der Waals surface area contributed by atoms with Crippen molar-refractivity contribution in [3.63, 3.8) is 0 Å². The Labute approximate surface area is 115 Å². The summed E-state index contributed by atoms with van der Waals surface area (Å²) in [6.07, 6.45) is -4.58. The van der Waals surface area contributed by atoms with Gasteiger partial charge in [-0.1, -0.05) is 0 Å². The number of rotatable bonds is 2. The number of alkyl halides is 3. The first-order chi connectivity index (χ1) is 9.27. The number of H-pyrrole nitrogens is 1. The minimum atomic E-state index is -4.58. The van der Waals surface area contributed by atoms with Crippen molar-refractivity contribution in [3.8, 4) is 11.3 Å². The number of aromatic nitrogens is 2. The molecule has 0 amide bonds. The van der Waals surface area contributed by atoms with Crippen molar-refractivity contribution >= 4 is 17.9 Å². The van der Waals surface area contributed by atoms with Crippen LogP contribution >= 0.6 is 12.2 Å². The van der Waals surface area contributed by atoms with E-state index >= 15 is 0 Å². The van der Waals surface area contributed by atoms with Crippen LogP contribution in [0.2, 0.25) is 0 Å². The highest BCUT2D eigenvalue weighted by atomic mass is 32.1. The summed E-state index contributed by atoms with van der Waals surface area (Å²) in [5.74, 6) is 0. The van der Waals surface area contributed by atoms with Gasteiger partial charge in [0.25, 0.3) is 5.69 Å². The van der Waals surface area contributed by atoms with Gasteiger partial charge in [-0.3, -0.25) is 10.1 Å². The lowest BCUT2D eigenvalue weighted by Gasteiger charge is -2.08. The molecule has 0 aliphatic rings. The molecule has 0 spiro atoms. The molecule has 20 heavy (non-hydrogen) atoms. The highest BCUT2D eigenvalue weighted by Crippen LogP contribution is 2.30. The third-order valence-corrected chi connectivity index (χ3v) is 2.62. The van der Waals surface area contributed by atoms with E-state index in [9.17, 15) is 23.3 Å². The van der Waals surface area contributed by atoms with Crippen molar-refractivity contribution < 1.29 is 18.1 Å². The second-order valence-corrected chi connectivity index (χ2v) is 4.17. The first-order valence-corrected chi connectivity index (χ1v) is 5.61. The minimum absolute atomic E-state index is 0.00373. The molecule has 1 N–H and O–H groups in total. The summed E-state index contributed by atoms with van der Waals surface area (Å²) in [4.78, 5) is 15.6. The lowest BCUT2D eigenvalue weighted by atomic mass is 10.1. The van der Waals surface area contributed by atoms with Gasteiger partial charge < -0.3 is 4.98 Å². The largest absolute Gasteiger partial charge is 0.431 e. The van der Waals surface area contributed by atoms with Crippen LogP contribution in [0.4, 0.5) is 18.9 Å². The maximum absolute atomic E-state index is 12.6. The van der Waals surface area contributed by atoms with Crippen molar-refractivity contribution in [1.29, 1.82) is 0 Å². The molecule has 9 heteroatoms. The van der Waals surface area contributed by atoms with Crippen LogP contribution in [-0.2, 0) is 6.18 Å². The summed E-state index contributed by atoms with van der Waals surface area (Å²) in [5.41, 5.74) is -0.881. The minimum Gasteiger partial charge on any atom is -0.327 e. The van der Waals surface area contributed by atoms with E-state index in [-0.39, 0.29) is 16.2 Å². The molecule has 2 aromatic rings. The zero-order valence-electron chi connectivity index (χ0n) is 9.64. The quantitative estimate of drug-likeness (QED) is 0.521. The fourth-order valence-electron chi connectivity index (χ4n) is 1.51. The van der Waals surface area contributed by atoms with Gasteiger partial charge in [-0.15, -0.1) is 0 Å². The zero-order chi connectivity index (χ0) is 14.9. The summed E-state index contributed by atoms with van der Waals surface area (Å²) < 4.78 is 37.6. The van der Waals surface area contributed by atoms with Crippen LogP contribution in [0.5, 0.6) is 0 Å². The van der Waals surface area contributed by atoms with Crippen molar-refractivity contribution in [1.82, 2.24) is 9.97 Å². The number of nitrogens with zero attached hydrogens (tertiary/aromatic N) is 2. The number of benzene rings is 1. The fraction of sp³-hybridized carbons (Fsp3) is 0.0909. The Morgan fingerprint density at radius 1 is 1.25 bits per heavy atom. The Hall–Kier alpha value is -2.29. The molecule has 104 valence electrons. The molecule has 0 aliphatic heterocycles. The van der Waals surface area contributed by atoms with Gasteiger partial charge in [0.05, 0.1) is 10.6 Å². The molecule has 0 radical (unpaired) electrons. The molecule has 1 aromatic carbocycles. The average Bonchev–Trinajstić information content (AvgIpc) is 2.37. The van der Waals surface area contributed by atoms with Gasteiger partial charge in [-0.05, 0) is 30.4 Å². The number of halogens is 3. The van der Waals surface area contributed by atoms with Crippen LogP contribution in [0.25, 0.3) is 11.3 Å². The smallest absolute Gasteiger partial charge is 0.327 e. The summed E-state index contributed by atoms with van der Waals surface area (Å²) >= 11 is 4.65. The van der Waals surface area contributed by atoms with Crippen LogP contribution in [0, 0.1) is 14.9 Å².